The molecule has 0 saturated carbocycles. The van der Waals surface area contributed by atoms with Crippen molar-refractivity contribution < 1.29 is 13.2 Å². The summed E-state index contributed by atoms with van der Waals surface area (Å²) in [7, 11) is -0.599. The van der Waals surface area contributed by atoms with Crippen LogP contribution in [0.3, 0.4) is 0 Å². The second-order valence-corrected chi connectivity index (χ2v) is 8.67. The van der Waals surface area contributed by atoms with Gasteiger partial charge in [-0.15, -0.1) is 11.3 Å². The number of hydrogen-bond acceptors (Lipinski definition) is 4. The van der Waals surface area contributed by atoms with Gasteiger partial charge in [-0.1, -0.05) is 6.07 Å². The molecule has 0 bridgehead atoms. The van der Waals surface area contributed by atoms with Crippen LogP contribution in [-0.4, -0.2) is 32.7 Å². The zero-order valence-corrected chi connectivity index (χ0v) is 15.7. The Hall–Kier alpha value is -1.96. The fraction of sp³-hybridized carbons (Fsp3) is 0.235. The molecule has 1 heterocycles. The van der Waals surface area contributed by atoms with E-state index in [1.54, 1.807) is 12.1 Å². The number of benzene rings is 1. The molecule has 1 N–H and O–H groups in total. The number of carbonyl (C=O) groups excluding carboxylic acids is 1. The molecule has 0 aliphatic carbocycles. The molecule has 0 aliphatic heterocycles. The average molecular weight is 364 g/mol. The highest BCUT2D eigenvalue weighted by molar-refractivity contribution is 7.89. The molecule has 0 radical (unpaired) electrons. The summed E-state index contributed by atoms with van der Waals surface area (Å²) in [6, 6.07) is 6.93. The average Bonchev–Trinajstić information content (AvgIpc) is 3.02. The van der Waals surface area contributed by atoms with Crippen molar-refractivity contribution in [2.45, 2.75) is 18.7 Å². The van der Waals surface area contributed by atoms with Crippen molar-refractivity contribution in [3.8, 4) is 0 Å². The number of carbonyl (C=O) groups is 1. The van der Waals surface area contributed by atoms with Crippen molar-refractivity contribution in [1.29, 1.82) is 0 Å². The highest BCUT2D eigenvalue weighted by atomic mass is 32.2. The summed E-state index contributed by atoms with van der Waals surface area (Å²) in [5, 5.41) is 4.69. The van der Waals surface area contributed by atoms with Crippen LogP contribution in [0.2, 0.25) is 0 Å². The SMILES string of the molecule is Cc1cc(S(=O)(=O)N(C)C)cc(NC(=O)/C=C/c2cccs2)c1C. The molecular formula is C17H20N2O3S2. The molecule has 0 saturated heterocycles. The van der Waals surface area contributed by atoms with E-state index in [1.165, 1.54) is 37.6 Å². The largest absolute Gasteiger partial charge is 0.322 e. The molecule has 0 atom stereocenters. The first-order valence-corrected chi connectivity index (χ1v) is 9.60. The number of thiophene rings is 1. The molecule has 2 aromatic rings. The summed E-state index contributed by atoms with van der Waals surface area (Å²) in [5.74, 6) is -0.301. The zero-order chi connectivity index (χ0) is 17.9. The summed E-state index contributed by atoms with van der Waals surface area (Å²) >= 11 is 1.53. The summed E-state index contributed by atoms with van der Waals surface area (Å²) in [6.07, 6.45) is 3.16. The highest BCUT2D eigenvalue weighted by Gasteiger charge is 2.19. The quantitative estimate of drug-likeness (QED) is 0.828. The second kappa shape index (κ2) is 7.29. The summed E-state index contributed by atoms with van der Waals surface area (Å²) in [6.45, 7) is 3.67. The zero-order valence-electron chi connectivity index (χ0n) is 14.0. The lowest BCUT2D eigenvalue weighted by Crippen LogP contribution is -2.22. The van der Waals surface area contributed by atoms with Crippen LogP contribution >= 0.6 is 11.3 Å². The smallest absolute Gasteiger partial charge is 0.248 e. The van der Waals surface area contributed by atoms with Crippen LogP contribution in [0.4, 0.5) is 5.69 Å². The summed E-state index contributed by atoms with van der Waals surface area (Å²) < 4.78 is 25.8. The lowest BCUT2D eigenvalue weighted by Gasteiger charge is -2.16. The van der Waals surface area contributed by atoms with Crippen LogP contribution < -0.4 is 5.32 Å². The molecule has 1 aromatic carbocycles. The number of aryl methyl sites for hydroxylation is 1. The molecular weight excluding hydrogens is 344 g/mol. The van der Waals surface area contributed by atoms with E-state index < -0.39 is 10.0 Å². The van der Waals surface area contributed by atoms with Crippen LogP contribution in [0.5, 0.6) is 0 Å². The van der Waals surface area contributed by atoms with Gasteiger partial charge in [-0.3, -0.25) is 4.79 Å². The number of amides is 1. The van der Waals surface area contributed by atoms with Crippen molar-refractivity contribution in [3.63, 3.8) is 0 Å². The van der Waals surface area contributed by atoms with Gasteiger partial charge in [0.2, 0.25) is 15.9 Å². The Morgan fingerprint density at radius 2 is 1.96 bits per heavy atom. The predicted molar refractivity (Wildman–Crippen MR) is 98.8 cm³/mol. The van der Waals surface area contributed by atoms with E-state index in [0.29, 0.717) is 5.69 Å². The molecule has 0 unspecified atom stereocenters. The van der Waals surface area contributed by atoms with Crippen molar-refractivity contribution in [3.05, 3.63) is 51.7 Å². The van der Waals surface area contributed by atoms with E-state index in [0.717, 1.165) is 20.3 Å². The number of anilines is 1. The van der Waals surface area contributed by atoms with Crippen molar-refractivity contribution >= 4 is 39.0 Å². The minimum absolute atomic E-state index is 0.160. The molecule has 0 spiro atoms. The van der Waals surface area contributed by atoms with E-state index >= 15 is 0 Å². The van der Waals surface area contributed by atoms with Gasteiger partial charge in [-0.2, -0.15) is 0 Å². The monoisotopic (exact) mass is 364 g/mol. The third-order valence-electron chi connectivity index (χ3n) is 3.62. The van der Waals surface area contributed by atoms with Gasteiger partial charge in [0.25, 0.3) is 0 Å². The van der Waals surface area contributed by atoms with Gasteiger partial charge in [0.15, 0.2) is 0 Å². The molecule has 128 valence electrons. The molecule has 5 nitrogen and oxygen atoms in total. The highest BCUT2D eigenvalue weighted by Crippen LogP contribution is 2.25. The maximum Gasteiger partial charge on any atom is 0.248 e. The standard InChI is InChI=1S/C17H20N2O3S2/c1-12-10-15(24(21,22)19(3)4)11-16(13(12)2)18-17(20)8-7-14-6-5-9-23-14/h5-11H,1-4H3,(H,18,20)/b8-7+. The van der Waals surface area contributed by atoms with E-state index in [1.807, 2.05) is 31.4 Å². The third kappa shape index (κ3) is 4.11. The first kappa shape index (κ1) is 18.4. The van der Waals surface area contributed by atoms with E-state index in [-0.39, 0.29) is 10.8 Å². The van der Waals surface area contributed by atoms with Gasteiger partial charge in [-0.05, 0) is 54.6 Å². The Bertz CT molecular complexity index is 867. The van der Waals surface area contributed by atoms with Gasteiger partial charge < -0.3 is 5.32 Å². The molecule has 0 aliphatic rings. The van der Waals surface area contributed by atoms with Crippen LogP contribution in [0.25, 0.3) is 6.08 Å². The maximum absolute atomic E-state index is 12.3. The van der Waals surface area contributed by atoms with Crippen molar-refractivity contribution in [1.82, 2.24) is 4.31 Å². The maximum atomic E-state index is 12.3. The van der Waals surface area contributed by atoms with Crippen molar-refractivity contribution in [2.75, 3.05) is 19.4 Å². The van der Waals surface area contributed by atoms with Crippen LogP contribution in [-0.2, 0) is 14.8 Å². The topological polar surface area (TPSA) is 66.5 Å². The molecule has 7 heteroatoms. The molecule has 1 aromatic heterocycles. The molecule has 1 amide bonds. The van der Waals surface area contributed by atoms with E-state index in [9.17, 15) is 13.2 Å². The number of nitrogens with zero attached hydrogens (tertiary/aromatic N) is 1. The summed E-state index contributed by atoms with van der Waals surface area (Å²) in [4.78, 5) is 13.2. The minimum Gasteiger partial charge on any atom is -0.322 e. The first-order valence-electron chi connectivity index (χ1n) is 7.28. The van der Waals surface area contributed by atoms with E-state index in [4.69, 9.17) is 0 Å². The van der Waals surface area contributed by atoms with Gasteiger partial charge in [0, 0.05) is 30.7 Å². The van der Waals surface area contributed by atoms with Gasteiger partial charge >= 0.3 is 0 Å². The van der Waals surface area contributed by atoms with Gasteiger partial charge in [-0.25, -0.2) is 12.7 Å². The number of hydrogen-bond donors (Lipinski definition) is 1. The Morgan fingerprint density at radius 3 is 2.54 bits per heavy atom. The number of rotatable bonds is 5. The normalized spacial score (nSPS) is 12.0. The van der Waals surface area contributed by atoms with E-state index in [2.05, 4.69) is 5.32 Å². The molecule has 0 fully saturated rings. The lowest BCUT2D eigenvalue weighted by molar-refractivity contribution is -0.111. The Labute approximate surface area is 146 Å². The van der Waals surface area contributed by atoms with Gasteiger partial charge in [0.05, 0.1) is 4.90 Å². The summed E-state index contributed by atoms with van der Waals surface area (Å²) in [5.41, 5.74) is 2.14. The van der Waals surface area contributed by atoms with Gasteiger partial charge in [0.1, 0.15) is 0 Å². The Kier molecular flexibility index (Phi) is 5.58. The Morgan fingerprint density at radius 1 is 1.25 bits per heavy atom. The predicted octanol–water partition coefficient (Wildman–Crippen LogP) is 3.27. The van der Waals surface area contributed by atoms with Crippen LogP contribution in [0, 0.1) is 13.8 Å². The third-order valence-corrected chi connectivity index (χ3v) is 6.25. The number of sulfonamides is 1. The van der Waals surface area contributed by atoms with Crippen LogP contribution in [0.1, 0.15) is 16.0 Å². The number of nitrogens with one attached hydrogen (secondary N) is 1. The fourth-order valence-electron chi connectivity index (χ4n) is 2.03. The second-order valence-electron chi connectivity index (χ2n) is 5.54. The molecule has 2 rings (SSSR count). The Balaban J connectivity index is 2.30. The van der Waals surface area contributed by atoms with Crippen molar-refractivity contribution in [2.24, 2.45) is 0 Å². The minimum atomic E-state index is -3.56. The first-order chi connectivity index (χ1) is 11.2. The molecule has 24 heavy (non-hydrogen) atoms. The fourth-order valence-corrected chi connectivity index (χ4v) is 3.67. The van der Waals surface area contributed by atoms with Crippen LogP contribution in [0.15, 0.2) is 40.6 Å². The lowest BCUT2D eigenvalue weighted by atomic mass is 10.1.